The molecule has 104 valence electrons. The Hall–Kier alpha value is -2.08. The van der Waals surface area contributed by atoms with E-state index in [1.54, 1.807) is 0 Å². The van der Waals surface area contributed by atoms with Crippen LogP contribution in [0, 0.1) is 5.92 Å². The van der Waals surface area contributed by atoms with E-state index in [4.69, 9.17) is 0 Å². The van der Waals surface area contributed by atoms with Gasteiger partial charge in [0.2, 0.25) is 0 Å². The molecular weight excluding hydrogens is 252 g/mol. The minimum absolute atomic E-state index is 0.425. The lowest BCUT2D eigenvalue weighted by molar-refractivity contribution is 0.761. The van der Waals surface area contributed by atoms with Crippen molar-refractivity contribution in [2.75, 3.05) is 0 Å². The summed E-state index contributed by atoms with van der Waals surface area (Å²) in [7, 11) is 0. The second-order valence-electron chi connectivity index (χ2n) is 6.32. The summed E-state index contributed by atoms with van der Waals surface area (Å²) < 4.78 is 0. The summed E-state index contributed by atoms with van der Waals surface area (Å²) >= 11 is 0. The van der Waals surface area contributed by atoms with Gasteiger partial charge in [0, 0.05) is 5.92 Å². The molecule has 0 spiro atoms. The number of hydrogen-bond acceptors (Lipinski definition) is 0. The van der Waals surface area contributed by atoms with Crippen LogP contribution in [-0.2, 0) is 0 Å². The largest absolute Gasteiger partial charge is 0.0769 e. The van der Waals surface area contributed by atoms with E-state index in [0.29, 0.717) is 11.8 Å². The van der Waals surface area contributed by atoms with Crippen molar-refractivity contribution < 1.29 is 0 Å². The molecule has 0 nitrogen and oxygen atoms in total. The maximum absolute atomic E-state index is 2.43. The molecule has 0 saturated heterocycles. The summed E-state index contributed by atoms with van der Waals surface area (Å²) in [5, 5.41) is 0. The van der Waals surface area contributed by atoms with Gasteiger partial charge in [-0.25, -0.2) is 0 Å². The quantitative estimate of drug-likeness (QED) is 0.656. The highest BCUT2D eigenvalue weighted by atomic mass is 14.4. The fourth-order valence-electron chi connectivity index (χ4n) is 3.89. The Kier molecular flexibility index (Phi) is 2.85. The highest BCUT2D eigenvalue weighted by Crippen LogP contribution is 2.51. The van der Waals surface area contributed by atoms with Crippen molar-refractivity contribution in [3.63, 3.8) is 0 Å². The lowest BCUT2D eigenvalue weighted by Crippen LogP contribution is -2.05. The number of allylic oxidation sites excluding steroid dienone is 4. The Balaban J connectivity index is 1.92. The standard InChI is InChI=1S/C21H20/c1-14(2)15-12-7-13-18(15)21-19-10-5-3-8-16(19)17-9-4-6-11-20(17)21/h3-6,8-14,21H,7H2,1-2H3. The molecule has 0 saturated carbocycles. The van der Waals surface area contributed by atoms with Gasteiger partial charge in [0.05, 0.1) is 0 Å². The Labute approximate surface area is 126 Å². The number of hydrogen-bond donors (Lipinski definition) is 0. The van der Waals surface area contributed by atoms with E-state index in [-0.39, 0.29) is 0 Å². The molecular formula is C21H20. The molecule has 0 heteroatoms. The van der Waals surface area contributed by atoms with Crippen molar-refractivity contribution in [2.45, 2.75) is 26.2 Å². The Bertz CT molecular complexity index is 714. The molecule has 4 rings (SSSR count). The minimum atomic E-state index is 0.425. The summed E-state index contributed by atoms with van der Waals surface area (Å²) in [6, 6.07) is 17.8. The summed E-state index contributed by atoms with van der Waals surface area (Å²) in [6.45, 7) is 4.61. The monoisotopic (exact) mass is 272 g/mol. The molecule has 0 radical (unpaired) electrons. The van der Waals surface area contributed by atoms with Gasteiger partial charge >= 0.3 is 0 Å². The molecule has 0 aromatic heterocycles. The van der Waals surface area contributed by atoms with Crippen molar-refractivity contribution in [1.29, 1.82) is 0 Å². The average Bonchev–Trinajstić information content (AvgIpc) is 3.09. The van der Waals surface area contributed by atoms with Crippen molar-refractivity contribution in [1.82, 2.24) is 0 Å². The number of fused-ring (bicyclic) bond motifs is 3. The lowest BCUT2D eigenvalue weighted by Gasteiger charge is -2.21. The van der Waals surface area contributed by atoms with Crippen LogP contribution in [0.2, 0.25) is 0 Å². The van der Waals surface area contributed by atoms with Gasteiger partial charge in [-0.3, -0.25) is 0 Å². The molecule has 0 fully saturated rings. The zero-order valence-electron chi connectivity index (χ0n) is 12.6. The number of rotatable bonds is 2. The third kappa shape index (κ3) is 1.82. The van der Waals surface area contributed by atoms with E-state index in [2.05, 4.69) is 74.5 Å². The first-order chi connectivity index (χ1) is 10.3. The smallest absolute Gasteiger partial charge is 0.0351 e. The molecule has 2 aromatic rings. The van der Waals surface area contributed by atoms with Crippen LogP contribution in [0.1, 0.15) is 37.3 Å². The van der Waals surface area contributed by atoms with Crippen molar-refractivity contribution in [3.8, 4) is 11.1 Å². The summed E-state index contributed by atoms with van der Waals surface area (Å²) in [5.41, 5.74) is 8.83. The van der Waals surface area contributed by atoms with Gasteiger partial charge in [0.15, 0.2) is 0 Å². The van der Waals surface area contributed by atoms with Gasteiger partial charge in [-0.2, -0.15) is 0 Å². The first-order valence-corrected chi connectivity index (χ1v) is 7.86. The normalized spacial score (nSPS) is 16.7. The van der Waals surface area contributed by atoms with Crippen LogP contribution in [0.25, 0.3) is 11.1 Å². The predicted octanol–water partition coefficient (Wildman–Crippen LogP) is 5.71. The molecule has 0 heterocycles. The van der Waals surface area contributed by atoms with E-state index in [1.807, 2.05) is 0 Å². The molecule has 2 aromatic carbocycles. The fourth-order valence-corrected chi connectivity index (χ4v) is 3.89. The highest BCUT2D eigenvalue weighted by molar-refractivity contribution is 5.81. The van der Waals surface area contributed by atoms with E-state index in [0.717, 1.165) is 6.42 Å². The first kappa shape index (κ1) is 12.6. The molecule has 0 N–H and O–H groups in total. The second-order valence-corrected chi connectivity index (χ2v) is 6.32. The lowest BCUT2D eigenvalue weighted by atomic mass is 9.83. The van der Waals surface area contributed by atoms with Crippen LogP contribution in [0.15, 0.2) is 71.8 Å². The molecule has 0 aliphatic heterocycles. The summed E-state index contributed by atoms with van der Waals surface area (Å²) in [4.78, 5) is 0. The van der Waals surface area contributed by atoms with Crippen LogP contribution in [0.5, 0.6) is 0 Å². The van der Waals surface area contributed by atoms with Crippen molar-refractivity contribution in [3.05, 3.63) is 83.0 Å². The Morgan fingerprint density at radius 2 is 1.38 bits per heavy atom. The third-order valence-corrected chi connectivity index (χ3v) is 4.78. The van der Waals surface area contributed by atoms with Gasteiger partial charge in [-0.1, -0.05) is 74.5 Å². The zero-order valence-corrected chi connectivity index (χ0v) is 12.6. The fraction of sp³-hybridized carbons (Fsp3) is 0.238. The Morgan fingerprint density at radius 1 is 0.810 bits per heavy atom. The maximum atomic E-state index is 2.43. The van der Waals surface area contributed by atoms with Crippen LogP contribution in [0.3, 0.4) is 0 Å². The van der Waals surface area contributed by atoms with E-state index in [9.17, 15) is 0 Å². The predicted molar refractivity (Wildman–Crippen MR) is 89.3 cm³/mol. The van der Waals surface area contributed by atoms with Crippen LogP contribution in [0.4, 0.5) is 0 Å². The van der Waals surface area contributed by atoms with Gasteiger partial charge in [0.25, 0.3) is 0 Å². The molecule has 21 heavy (non-hydrogen) atoms. The zero-order chi connectivity index (χ0) is 14.4. The van der Waals surface area contributed by atoms with Gasteiger partial charge in [-0.05, 0) is 45.7 Å². The molecule has 2 aliphatic rings. The van der Waals surface area contributed by atoms with Crippen LogP contribution >= 0.6 is 0 Å². The van der Waals surface area contributed by atoms with E-state index >= 15 is 0 Å². The van der Waals surface area contributed by atoms with Crippen LogP contribution < -0.4 is 0 Å². The summed E-state index contributed by atoms with van der Waals surface area (Å²) in [6.07, 6.45) is 5.92. The molecule has 0 atom stereocenters. The topological polar surface area (TPSA) is 0 Å². The van der Waals surface area contributed by atoms with Crippen LogP contribution in [-0.4, -0.2) is 0 Å². The van der Waals surface area contributed by atoms with Gasteiger partial charge < -0.3 is 0 Å². The SMILES string of the molecule is CC(C)C1=CCC=C1C1c2ccccc2-c2ccccc21. The van der Waals surface area contributed by atoms with Gasteiger partial charge in [0.1, 0.15) is 0 Å². The molecule has 0 amide bonds. The van der Waals surface area contributed by atoms with Gasteiger partial charge in [-0.15, -0.1) is 0 Å². The van der Waals surface area contributed by atoms with Crippen molar-refractivity contribution >= 4 is 0 Å². The van der Waals surface area contributed by atoms with E-state index in [1.165, 1.54) is 33.4 Å². The Morgan fingerprint density at radius 3 is 1.95 bits per heavy atom. The minimum Gasteiger partial charge on any atom is -0.0769 e. The van der Waals surface area contributed by atoms with Crippen molar-refractivity contribution in [2.24, 2.45) is 5.92 Å². The maximum Gasteiger partial charge on any atom is 0.0351 e. The average molecular weight is 272 g/mol. The summed E-state index contributed by atoms with van der Waals surface area (Å²) in [5.74, 6) is 1.02. The van der Waals surface area contributed by atoms with E-state index < -0.39 is 0 Å². The third-order valence-electron chi connectivity index (χ3n) is 4.78. The molecule has 2 aliphatic carbocycles. The molecule has 0 bridgehead atoms. The highest BCUT2D eigenvalue weighted by Gasteiger charge is 2.33. The molecule has 0 unspecified atom stereocenters. The number of benzene rings is 2. The second kappa shape index (κ2) is 4.73. The first-order valence-electron chi connectivity index (χ1n) is 7.86.